The monoisotopic (exact) mass is 228 g/mol. The second kappa shape index (κ2) is 5.55. The topological polar surface area (TPSA) is 55.1 Å². The van der Waals surface area contributed by atoms with Crippen molar-refractivity contribution in [2.24, 2.45) is 5.73 Å². The molecule has 16 heavy (non-hydrogen) atoms. The van der Waals surface area contributed by atoms with E-state index >= 15 is 0 Å². The Hall–Kier alpha value is -1.49. The van der Waals surface area contributed by atoms with Crippen LogP contribution in [0.4, 0.5) is 8.78 Å². The molecule has 1 atom stereocenters. The molecule has 0 radical (unpaired) electrons. The van der Waals surface area contributed by atoms with Crippen molar-refractivity contribution in [3.05, 3.63) is 35.4 Å². The van der Waals surface area contributed by atoms with Crippen LogP contribution in [-0.2, 0) is 11.2 Å². The van der Waals surface area contributed by atoms with Gasteiger partial charge in [0.1, 0.15) is 0 Å². The van der Waals surface area contributed by atoms with Crippen LogP contribution in [0.3, 0.4) is 0 Å². The number of benzene rings is 1. The van der Waals surface area contributed by atoms with Crippen LogP contribution in [0.5, 0.6) is 0 Å². The van der Waals surface area contributed by atoms with Crippen LogP contribution in [0.15, 0.2) is 18.2 Å². The Balaban J connectivity index is 2.59. The number of rotatable bonds is 4. The molecule has 1 aromatic rings. The maximum atomic E-state index is 12.8. The van der Waals surface area contributed by atoms with E-state index in [4.69, 9.17) is 5.73 Å². The molecule has 1 aromatic carbocycles. The van der Waals surface area contributed by atoms with Crippen LogP contribution in [-0.4, -0.2) is 18.5 Å². The highest BCUT2D eigenvalue weighted by atomic mass is 19.2. The van der Waals surface area contributed by atoms with Gasteiger partial charge in [0.2, 0.25) is 5.91 Å². The van der Waals surface area contributed by atoms with Gasteiger partial charge in [-0.25, -0.2) is 8.78 Å². The first-order valence-corrected chi connectivity index (χ1v) is 4.96. The Morgan fingerprint density at radius 1 is 1.44 bits per heavy atom. The third kappa shape index (κ3) is 3.58. The molecule has 1 amide bonds. The standard InChI is InChI=1S/C11H14F2N2O/c1-7(6-14)15-11(16)5-8-2-3-9(12)10(13)4-8/h2-4,7H,5-6,14H2,1H3,(H,15,16). The van der Waals surface area contributed by atoms with Crippen LogP contribution < -0.4 is 11.1 Å². The Bertz CT molecular complexity index is 382. The first-order valence-electron chi connectivity index (χ1n) is 4.96. The molecule has 88 valence electrons. The molecule has 3 N–H and O–H groups in total. The molecule has 0 saturated carbocycles. The minimum absolute atomic E-state index is 0.0154. The van der Waals surface area contributed by atoms with Gasteiger partial charge in [-0.05, 0) is 24.6 Å². The molecular weight excluding hydrogens is 214 g/mol. The number of nitrogens with one attached hydrogen (secondary N) is 1. The summed E-state index contributed by atoms with van der Waals surface area (Å²) in [5.74, 6) is -2.12. The summed E-state index contributed by atoms with van der Waals surface area (Å²) in [4.78, 5) is 11.4. The first kappa shape index (κ1) is 12.6. The van der Waals surface area contributed by atoms with Crippen LogP contribution in [0.25, 0.3) is 0 Å². The van der Waals surface area contributed by atoms with E-state index in [9.17, 15) is 13.6 Å². The highest BCUT2D eigenvalue weighted by Crippen LogP contribution is 2.09. The van der Waals surface area contributed by atoms with Gasteiger partial charge in [0.15, 0.2) is 11.6 Å². The predicted octanol–water partition coefficient (Wildman–Crippen LogP) is 0.971. The van der Waals surface area contributed by atoms with Crippen molar-refractivity contribution in [1.29, 1.82) is 0 Å². The fraction of sp³-hybridized carbons (Fsp3) is 0.364. The second-order valence-electron chi connectivity index (χ2n) is 3.63. The van der Waals surface area contributed by atoms with Gasteiger partial charge >= 0.3 is 0 Å². The fourth-order valence-corrected chi connectivity index (χ4v) is 1.22. The van der Waals surface area contributed by atoms with E-state index < -0.39 is 11.6 Å². The summed E-state index contributed by atoms with van der Waals surface area (Å²) in [6.45, 7) is 2.10. The molecule has 1 rings (SSSR count). The average molecular weight is 228 g/mol. The Labute approximate surface area is 92.6 Å². The van der Waals surface area contributed by atoms with Crippen molar-refractivity contribution in [2.75, 3.05) is 6.54 Å². The molecule has 3 nitrogen and oxygen atoms in total. The molecule has 0 aliphatic carbocycles. The molecule has 0 heterocycles. The second-order valence-corrected chi connectivity index (χ2v) is 3.63. The molecule has 0 aromatic heterocycles. The van der Waals surface area contributed by atoms with Crippen molar-refractivity contribution >= 4 is 5.91 Å². The molecule has 0 saturated heterocycles. The van der Waals surface area contributed by atoms with Crippen molar-refractivity contribution in [2.45, 2.75) is 19.4 Å². The quantitative estimate of drug-likeness (QED) is 0.806. The van der Waals surface area contributed by atoms with E-state index in [-0.39, 0.29) is 18.4 Å². The summed E-state index contributed by atoms with van der Waals surface area (Å²) < 4.78 is 25.4. The maximum Gasteiger partial charge on any atom is 0.224 e. The van der Waals surface area contributed by atoms with Crippen LogP contribution in [0.2, 0.25) is 0 Å². The van der Waals surface area contributed by atoms with Gasteiger partial charge in [-0.1, -0.05) is 6.07 Å². The SMILES string of the molecule is CC(CN)NC(=O)Cc1ccc(F)c(F)c1. The number of hydrogen-bond donors (Lipinski definition) is 2. The molecule has 0 aliphatic rings. The summed E-state index contributed by atoms with van der Waals surface area (Å²) in [5.41, 5.74) is 5.76. The molecule has 5 heteroatoms. The number of carbonyl (C=O) groups excluding carboxylic acids is 1. The van der Waals surface area contributed by atoms with E-state index in [1.165, 1.54) is 6.07 Å². The number of amides is 1. The molecule has 0 bridgehead atoms. The van der Waals surface area contributed by atoms with E-state index in [2.05, 4.69) is 5.32 Å². The number of carbonyl (C=O) groups is 1. The van der Waals surface area contributed by atoms with Crippen molar-refractivity contribution < 1.29 is 13.6 Å². The zero-order valence-electron chi connectivity index (χ0n) is 8.97. The molecule has 0 spiro atoms. The molecule has 0 aliphatic heterocycles. The molecule has 0 fully saturated rings. The minimum atomic E-state index is -0.947. The zero-order valence-corrected chi connectivity index (χ0v) is 8.97. The van der Waals surface area contributed by atoms with Crippen LogP contribution in [0.1, 0.15) is 12.5 Å². The van der Waals surface area contributed by atoms with Gasteiger partial charge < -0.3 is 11.1 Å². The van der Waals surface area contributed by atoms with E-state index in [1.807, 2.05) is 0 Å². The fourth-order valence-electron chi connectivity index (χ4n) is 1.22. The smallest absolute Gasteiger partial charge is 0.224 e. The highest BCUT2D eigenvalue weighted by molar-refractivity contribution is 5.78. The predicted molar refractivity (Wildman–Crippen MR) is 56.7 cm³/mol. The lowest BCUT2D eigenvalue weighted by Gasteiger charge is -2.11. The van der Waals surface area contributed by atoms with E-state index in [1.54, 1.807) is 6.92 Å². The lowest BCUT2D eigenvalue weighted by atomic mass is 10.1. The third-order valence-electron chi connectivity index (χ3n) is 2.11. The van der Waals surface area contributed by atoms with E-state index in [0.717, 1.165) is 12.1 Å². The van der Waals surface area contributed by atoms with Crippen molar-refractivity contribution in [1.82, 2.24) is 5.32 Å². The number of nitrogens with two attached hydrogens (primary N) is 1. The normalized spacial score (nSPS) is 12.2. The van der Waals surface area contributed by atoms with Crippen LogP contribution in [0, 0.1) is 11.6 Å². The Kier molecular flexibility index (Phi) is 4.37. The Morgan fingerprint density at radius 3 is 2.69 bits per heavy atom. The molecule has 1 unspecified atom stereocenters. The maximum absolute atomic E-state index is 12.8. The zero-order chi connectivity index (χ0) is 12.1. The number of halogens is 2. The molecular formula is C11H14F2N2O. The van der Waals surface area contributed by atoms with Gasteiger partial charge in [-0.15, -0.1) is 0 Å². The van der Waals surface area contributed by atoms with Gasteiger partial charge in [0.05, 0.1) is 6.42 Å². The van der Waals surface area contributed by atoms with Gasteiger partial charge in [0.25, 0.3) is 0 Å². The summed E-state index contributed by atoms with van der Waals surface area (Å²) in [5, 5.41) is 2.63. The van der Waals surface area contributed by atoms with Crippen LogP contribution >= 0.6 is 0 Å². The largest absolute Gasteiger partial charge is 0.352 e. The van der Waals surface area contributed by atoms with Gasteiger partial charge in [-0.2, -0.15) is 0 Å². The lowest BCUT2D eigenvalue weighted by Crippen LogP contribution is -2.38. The van der Waals surface area contributed by atoms with Crippen molar-refractivity contribution in [3.63, 3.8) is 0 Å². The average Bonchev–Trinajstić information content (AvgIpc) is 2.23. The minimum Gasteiger partial charge on any atom is -0.352 e. The summed E-state index contributed by atoms with van der Waals surface area (Å²) in [7, 11) is 0. The number of hydrogen-bond acceptors (Lipinski definition) is 2. The summed E-state index contributed by atoms with van der Waals surface area (Å²) >= 11 is 0. The first-order chi connectivity index (χ1) is 7.52. The van der Waals surface area contributed by atoms with E-state index in [0.29, 0.717) is 12.1 Å². The lowest BCUT2D eigenvalue weighted by molar-refractivity contribution is -0.120. The van der Waals surface area contributed by atoms with Crippen molar-refractivity contribution in [3.8, 4) is 0 Å². The summed E-state index contributed by atoms with van der Waals surface area (Å²) in [6, 6.07) is 3.27. The van der Waals surface area contributed by atoms with Gasteiger partial charge in [0, 0.05) is 12.6 Å². The Morgan fingerprint density at radius 2 is 2.12 bits per heavy atom. The summed E-state index contributed by atoms with van der Waals surface area (Å²) in [6.07, 6.45) is 0.0154. The van der Waals surface area contributed by atoms with Gasteiger partial charge in [-0.3, -0.25) is 4.79 Å². The third-order valence-corrected chi connectivity index (χ3v) is 2.11. The highest BCUT2D eigenvalue weighted by Gasteiger charge is 2.08.